The van der Waals surface area contributed by atoms with Crippen LogP contribution in [-0.4, -0.2) is 28.9 Å². The van der Waals surface area contributed by atoms with Gasteiger partial charge in [-0.1, -0.05) is 23.7 Å². The van der Waals surface area contributed by atoms with E-state index >= 15 is 0 Å². The summed E-state index contributed by atoms with van der Waals surface area (Å²) >= 11 is 5.92. The van der Waals surface area contributed by atoms with Gasteiger partial charge in [0.1, 0.15) is 0 Å². The van der Waals surface area contributed by atoms with E-state index in [2.05, 4.69) is 0 Å². The quantitative estimate of drug-likeness (QED) is 0.929. The summed E-state index contributed by atoms with van der Waals surface area (Å²) in [7, 11) is 1.75. The molecule has 0 bridgehead atoms. The Labute approximate surface area is 123 Å². The predicted molar refractivity (Wildman–Crippen MR) is 76.4 cm³/mol. The number of hydrogen-bond acceptors (Lipinski definition) is 2. The van der Waals surface area contributed by atoms with Gasteiger partial charge >= 0.3 is 5.97 Å². The normalized spacial score (nSPS) is 21.7. The number of carboxylic acid groups (broad SMARTS) is 1. The van der Waals surface area contributed by atoms with Crippen LogP contribution in [0.15, 0.2) is 24.3 Å². The molecular formula is C15H18ClNO3. The van der Waals surface area contributed by atoms with Crippen LogP contribution in [0.4, 0.5) is 0 Å². The van der Waals surface area contributed by atoms with Crippen molar-refractivity contribution < 1.29 is 14.7 Å². The largest absolute Gasteiger partial charge is 0.481 e. The van der Waals surface area contributed by atoms with Crippen LogP contribution in [0.5, 0.6) is 0 Å². The molecule has 1 amide bonds. The molecule has 0 radical (unpaired) electrons. The minimum absolute atomic E-state index is 0.0220. The van der Waals surface area contributed by atoms with E-state index in [1.54, 1.807) is 18.0 Å². The van der Waals surface area contributed by atoms with Crippen molar-refractivity contribution in [1.29, 1.82) is 0 Å². The molecule has 108 valence electrons. The standard InChI is InChI=1S/C15H18ClNO3/c1-17(9-10-3-2-4-13(16)7-10)14(18)11-5-6-12(8-11)15(19)20/h2-4,7,11-12H,5-6,8-9H2,1H3,(H,19,20). The van der Waals surface area contributed by atoms with Crippen LogP contribution in [0.2, 0.25) is 5.02 Å². The molecule has 0 saturated heterocycles. The average Bonchev–Trinajstić information content (AvgIpc) is 2.87. The first-order valence-corrected chi connectivity index (χ1v) is 7.07. The molecule has 0 spiro atoms. The number of aliphatic carboxylic acids is 1. The van der Waals surface area contributed by atoms with Gasteiger partial charge in [0.25, 0.3) is 0 Å². The lowest BCUT2D eigenvalue weighted by Crippen LogP contribution is -2.31. The molecular weight excluding hydrogens is 278 g/mol. The first-order valence-electron chi connectivity index (χ1n) is 6.69. The van der Waals surface area contributed by atoms with Gasteiger partial charge < -0.3 is 10.0 Å². The maximum Gasteiger partial charge on any atom is 0.306 e. The highest BCUT2D eigenvalue weighted by Crippen LogP contribution is 2.32. The molecule has 1 N–H and O–H groups in total. The van der Waals surface area contributed by atoms with E-state index in [1.165, 1.54) is 0 Å². The highest BCUT2D eigenvalue weighted by molar-refractivity contribution is 6.30. The van der Waals surface area contributed by atoms with Crippen LogP contribution in [-0.2, 0) is 16.1 Å². The first kappa shape index (κ1) is 14.9. The third-order valence-electron chi connectivity index (χ3n) is 3.82. The minimum Gasteiger partial charge on any atom is -0.481 e. The maximum atomic E-state index is 12.3. The van der Waals surface area contributed by atoms with Crippen molar-refractivity contribution >= 4 is 23.5 Å². The summed E-state index contributed by atoms with van der Waals surface area (Å²) in [6.45, 7) is 0.494. The fourth-order valence-electron chi connectivity index (χ4n) is 2.73. The Morgan fingerprint density at radius 3 is 2.65 bits per heavy atom. The van der Waals surface area contributed by atoms with Crippen LogP contribution >= 0.6 is 11.6 Å². The molecule has 0 aliphatic heterocycles. The molecule has 0 heterocycles. The van der Waals surface area contributed by atoms with Gasteiger partial charge in [0.2, 0.25) is 5.91 Å². The highest BCUT2D eigenvalue weighted by Gasteiger charge is 2.35. The van der Waals surface area contributed by atoms with Gasteiger partial charge in [-0.05, 0) is 37.0 Å². The van der Waals surface area contributed by atoms with Crippen LogP contribution in [0.3, 0.4) is 0 Å². The summed E-state index contributed by atoms with van der Waals surface area (Å²) < 4.78 is 0. The SMILES string of the molecule is CN(Cc1cccc(Cl)c1)C(=O)C1CCC(C(=O)O)C1. The zero-order chi connectivity index (χ0) is 14.7. The lowest BCUT2D eigenvalue weighted by atomic mass is 10.0. The molecule has 1 aromatic carbocycles. The first-order chi connectivity index (χ1) is 9.47. The van der Waals surface area contributed by atoms with E-state index in [0.717, 1.165) is 5.56 Å². The Bertz CT molecular complexity index is 518. The van der Waals surface area contributed by atoms with Gasteiger partial charge in [-0.3, -0.25) is 9.59 Å². The van der Waals surface area contributed by atoms with E-state index in [9.17, 15) is 9.59 Å². The third-order valence-corrected chi connectivity index (χ3v) is 4.05. The number of carbonyl (C=O) groups excluding carboxylic acids is 1. The molecule has 20 heavy (non-hydrogen) atoms. The molecule has 1 aliphatic carbocycles. The summed E-state index contributed by atoms with van der Waals surface area (Å²) in [5.74, 6) is -1.31. The number of nitrogens with zero attached hydrogens (tertiary/aromatic N) is 1. The summed E-state index contributed by atoms with van der Waals surface area (Å²) in [5, 5.41) is 9.63. The molecule has 2 rings (SSSR count). The van der Waals surface area contributed by atoms with Crippen molar-refractivity contribution in [2.45, 2.75) is 25.8 Å². The van der Waals surface area contributed by atoms with Crippen molar-refractivity contribution in [3.8, 4) is 0 Å². The Hall–Kier alpha value is -1.55. The van der Waals surface area contributed by atoms with Gasteiger partial charge in [0.15, 0.2) is 0 Å². The second kappa shape index (κ2) is 6.27. The van der Waals surface area contributed by atoms with Crippen LogP contribution in [0, 0.1) is 11.8 Å². The summed E-state index contributed by atoms with van der Waals surface area (Å²) in [4.78, 5) is 24.9. The number of hydrogen-bond donors (Lipinski definition) is 1. The minimum atomic E-state index is -0.794. The number of carboxylic acids is 1. The third kappa shape index (κ3) is 3.51. The number of benzene rings is 1. The van der Waals surface area contributed by atoms with Crippen LogP contribution in [0.1, 0.15) is 24.8 Å². The molecule has 2 atom stereocenters. The van der Waals surface area contributed by atoms with E-state index in [-0.39, 0.29) is 17.7 Å². The number of halogens is 1. The second-order valence-corrected chi connectivity index (χ2v) is 5.81. The molecule has 1 saturated carbocycles. The smallest absolute Gasteiger partial charge is 0.306 e. The van der Waals surface area contributed by atoms with Gasteiger partial charge in [-0.25, -0.2) is 0 Å². The number of amides is 1. The zero-order valence-corrected chi connectivity index (χ0v) is 12.1. The molecule has 0 aromatic heterocycles. The van der Waals surface area contributed by atoms with Gasteiger partial charge in [-0.2, -0.15) is 0 Å². The predicted octanol–water partition coefficient (Wildman–Crippen LogP) is 2.80. The number of rotatable bonds is 4. The lowest BCUT2D eigenvalue weighted by molar-refractivity contribution is -0.141. The Balaban J connectivity index is 1.94. The number of carbonyl (C=O) groups is 2. The summed E-state index contributed by atoms with van der Waals surface area (Å²) in [6.07, 6.45) is 1.71. The van der Waals surface area contributed by atoms with Crippen molar-refractivity contribution in [3.63, 3.8) is 0 Å². The van der Waals surface area contributed by atoms with E-state index in [4.69, 9.17) is 16.7 Å². The average molecular weight is 296 g/mol. The second-order valence-electron chi connectivity index (χ2n) is 5.37. The molecule has 1 aromatic rings. The van der Waals surface area contributed by atoms with Crippen molar-refractivity contribution in [2.24, 2.45) is 11.8 Å². The Morgan fingerprint density at radius 1 is 1.35 bits per heavy atom. The maximum absolute atomic E-state index is 12.3. The van der Waals surface area contributed by atoms with Crippen LogP contribution in [0.25, 0.3) is 0 Å². The monoisotopic (exact) mass is 295 g/mol. The molecule has 4 nitrogen and oxygen atoms in total. The van der Waals surface area contributed by atoms with Crippen LogP contribution < -0.4 is 0 Å². The summed E-state index contributed by atoms with van der Waals surface area (Å²) in [6, 6.07) is 7.40. The molecule has 1 fully saturated rings. The zero-order valence-electron chi connectivity index (χ0n) is 11.4. The Kier molecular flexibility index (Phi) is 4.65. The van der Waals surface area contributed by atoms with E-state index in [0.29, 0.717) is 30.8 Å². The van der Waals surface area contributed by atoms with E-state index < -0.39 is 5.97 Å². The summed E-state index contributed by atoms with van der Waals surface area (Å²) in [5.41, 5.74) is 0.973. The van der Waals surface area contributed by atoms with Gasteiger partial charge in [0, 0.05) is 24.5 Å². The fraction of sp³-hybridized carbons (Fsp3) is 0.467. The molecule has 5 heteroatoms. The van der Waals surface area contributed by atoms with Gasteiger partial charge in [-0.15, -0.1) is 0 Å². The van der Waals surface area contributed by atoms with Crippen molar-refractivity contribution in [1.82, 2.24) is 4.90 Å². The van der Waals surface area contributed by atoms with Gasteiger partial charge in [0.05, 0.1) is 5.92 Å². The lowest BCUT2D eigenvalue weighted by Gasteiger charge is -2.21. The van der Waals surface area contributed by atoms with Crippen molar-refractivity contribution in [3.05, 3.63) is 34.9 Å². The van der Waals surface area contributed by atoms with Crippen molar-refractivity contribution in [2.75, 3.05) is 7.05 Å². The molecule has 2 unspecified atom stereocenters. The molecule has 1 aliphatic rings. The van der Waals surface area contributed by atoms with E-state index in [1.807, 2.05) is 18.2 Å². The fourth-order valence-corrected chi connectivity index (χ4v) is 2.94. The Morgan fingerprint density at radius 2 is 2.05 bits per heavy atom. The highest BCUT2D eigenvalue weighted by atomic mass is 35.5. The topological polar surface area (TPSA) is 57.6 Å².